The van der Waals surface area contributed by atoms with Crippen molar-refractivity contribution in [2.24, 2.45) is 5.92 Å². The fraction of sp³-hybridized carbons (Fsp3) is 0.615. The summed E-state index contributed by atoms with van der Waals surface area (Å²) in [5.41, 5.74) is -0.951. The van der Waals surface area contributed by atoms with Gasteiger partial charge in [-0.15, -0.1) is 0 Å². The molecule has 11 heteroatoms. The molecule has 0 unspecified atom stereocenters. The van der Waals surface area contributed by atoms with E-state index in [9.17, 15) is 21.6 Å². The summed E-state index contributed by atoms with van der Waals surface area (Å²) in [5.74, 6) is -0.444. The minimum atomic E-state index is -4.53. The van der Waals surface area contributed by atoms with E-state index in [2.05, 4.69) is 10.3 Å². The van der Waals surface area contributed by atoms with Crippen molar-refractivity contribution in [3.05, 3.63) is 22.8 Å². The van der Waals surface area contributed by atoms with Crippen molar-refractivity contribution in [1.82, 2.24) is 9.29 Å². The van der Waals surface area contributed by atoms with Crippen molar-refractivity contribution >= 4 is 27.4 Å². The van der Waals surface area contributed by atoms with Gasteiger partial charge in [-0.2, -0.15) is 13.2 Å². The highest BCUT2D eigenvalue weighted by Crippen LogP contribution is 2.33. The Morgan fingerprint density at radius 1 is 1.42 bits per heavy atom. The first-order valence-corrected chi connectivity index (χ1v) is 8.96. The lowest BCUT2D eigenvalue weighted by molar-refractivity contribution is -0.137. The van der Waals surface area contributed by atoms with Crippen LogP contribution in [-0.4, -0.2) is 56.8 Å². The molecule has 0 saturated carbocycles. The summed E-state index contributed by atoms with van der Waals surface area (Å²) in [4.78, 5) is 3.70. The molecular weight excluding hydrogens is 371 g/mol. The lowest BCUT2D eigenvalue weighted by atomic mass is 10.1. The van der Waals surface area contributed by atoms with Crippen molar-refractivity contribution in [3.63, 3.8) is 0 Å². The predicted octanol–water partition coefficient (Wildman–Crippen LogP) is 2.07. The normalized spacial score (nSPS) is 22.1. The molecular formula is C13H17ClF3N3O3S. The van der Waals surface area contributed by atoms with Gasteiger partial charge in [-0.1, -0.05) is 11.6 Å². The van der Waals surface area contributed by atoms with Crippen LogP contribution in [0.2, 0.25) is 5.02 Å². The molecule has 2 heterocycles. The molecule has 2 atom stereocenters. The Hall–Kier alpha value is -1.10. The second kappa shape index (κ2) is 7.03. The highest BCUT2D eigenvalue weighted by atomic mass is 35.5. The van der Waals surface area contributed by atoms with Gasteiger partial charge >= 0.3 is 6.18 Å². The van der Waals surface area contributed by atoms with Crippen LogP contribution in [0.4, 0.5) is 19.0 Å². The van der Waals surface area contributed by atoms with Gasteiger partial charge in [-0.25, -0.2) is 17.7 Å². The van der Waals surface area contributed by atoms with Crippen LogP contribution in [0.15, 0.2) is 12.3 Å². The molecule has 1 aromatic heterocycles. The third kappa shape index (κ3) is 4.50. The van der Waals surface area contributed by atoms with Gasteiger partial charge in [0, 0.05) is 26.2 Å². The summed E-state index contributed by atoms with van der Waals surface area (Å²) in [5, 5.41) is 2.69. The molecule has 0 amide bonds. The fourth-order valence-electron chi connectivity index (χ4n) is 2.22. The third-order valence-electron chi connectivity index (χ3n) is 3.67. The largest absolute Gasteiger partial charge is 0.417 e. The minimum absolute atomic E-state index is 0.0624. The Morgan fingerprint density at radius 2 is 2.08 bits per heavy atom. The quantitative estimate of drug-likeness (QED) is 0.837. The van der Waals surface area contributed by atoms with Gasteiger partial charge < -0.3 is 10.1 Å². The number of anilines is 1. The summed E-state index contributed by atoms with van der Waals surface area (Å²) < 4.78 is 68.2. The van der Waals surface area contributed by atoms with Gasteiger partial charge in [-0.3, -0.25) is 0 Å². The number of hydrogen-bond donors (Lipinski definition) is 1. The number of nitrogens with one attached hydrogen (secondary N) is 1. The van der Waals surface area contributed by atoms with Gasteiger partial charge in [0.25, 0.3) is 0 Å². The molecule has 1 aromatic rings. The molecule has 1 fully saturated rings. The van der Waals surface area contributed by atoms with Crippen molar-refractivity contribution in [1.29, 1.82) is 0 Å². The van der Waals surface area contributed by atoms with Crippen LogP contribution in [-0.2, 0) is 20.9 Å². The number of hydrogen-bond acceptors (Lipinski definition) is 5. The van der Waals surface area contributed by atoms with Crippen LogP contribution in [0.5, 0.6) is 0 Å². The minimum Gasteiger partial charge on any atom is -0.379 e. The molecule has 6 nitrogen and oxygen atoms in total. The number of pyridine rings is 1. The zero-order chi connectivity index (χ0) is 18.1. The molecule has 1 aliphatic rings. The first-order chi connectivity index (χ1) is 11.0. The smallest absolute Gasteiger partial charge is 0.379 e. The van der Waals surface area contributed by atoms with Gasteiger partial charge in [0.05, 0.1) is 35.6 Å². The molecule has 0 spiro atoms. The summed E-state index contributed by atoms with van der Waals surface area (Å²) in [6, 6.07) is 0.361. The monoisotopic (exact) mass is 387 g/mol. The zero-order valence-corrected chi connectivity index (χ0v) is 14.5. The van der Waals surface area contributed by atoms with E-state index in [1.807, 2.05) is 0 Å². The van der Waals surface area contributed by atoms with Crippen LogP contribution >= 0.6 is 11.6 Å². The fourth-order valence-corrected chi connectivity index (χ4v) is 3.61. The number of alkyl halides is 3. The molecule has 1 N–H and O–H groups in total. The summed E-state index contributed by atoms with van der Waals surface area (Å²) in [7, 11) is -0.567. The average molecular weight is 388 g/mol. The topological polar surface area (TPSA) is 71.5 Å². The van der Waals surface area contributed by atoms with Crippen molar-refractivity contribution < 1.29 is 26.3 Å². The molecule has 0 aliphatic carbocycles. The number of ether oxygens (including phenoxy) is 1. The van der Waals surface area contributed by atoms with Gasteiger partial charge in [0.2, 0.25) is 10.0 Å². The molecule has 1 aliphatic heterocycles. The highest BCUT2D eigenvalue weighted by Gasteiger charge is 2.35. The van der Waals surface area contributed by atoms with E-state index in [0.29, 0.717) is 6.20 Å². The maximum atomic E-state index is 12.6. The lowest BCUT2D eigenvalue weighted by Gasteiger charge is -2.22. The standard InChI is InChI=1S/C13H17ClF3N3O3S/c1-20(2)24(21,22)7-8-5-23-6-11(8)19-12-10(14)3-9(4-18-12)13(15,16)17/h3-4,8,11H,5-7H2,1-2H3,(H,18,19)/t8-,11-/m0/s1. The Labute approximate surface area is 143 Å². The van der Waals surface area contributed by atoms with E-state index in [1.54, 1.807) is 0 Å². The van der Waals surface area contributed by atoms with E-state index in [-0.39, 0.29) is 35.7 Å². The highest BCUT2D eigenvalue weighted by molar-refractivity contribution is 7.89. The molecule has 0 bridgehead atoms. The lowest BCUT2D eigenvalue weighted by Crippen LogP contribution is -2.37. The number of sulfonamides is 1. The van der Waals surface area contributed by atoms with Crippen LogP contribution in [0.25, 0.3) is 0 Å². The Balaban J connectivity index is 2.13. The van der Waals surface area contributed by atoms with Crippen molar-refractivity contribution in [2.75, 3.05) is 38.4 Å². The van der Waals surface area contributed by atoms with Gasteiger partial charge in [0.15, 0.2) is 0 Å². The first-order valence-electron chi connectivity index (χ1n) is 6.98. The molecule has 2 rings (SSSR count). The molecule has 1 saturated heterocycles. The number of halogens is 4. The third-order valence-corrected chi connectivity index (χ3v) is 5.92. The van der Waals surface area contributed by atoms with E-state index >= 15 is 0 Å². The van der Waals surface area contributed by atoms with E-state index < -0.39 is 27.8 Å². The number of nitrogens with zero attached hydrogens (tertiary/aromatic N) is 2. The molecule has 0 radical (unpaired) electrons. The molecule has 24 heavy (non-hydrogen) atoms. The zero-order valence-electron chi connectivity index (χ0n) is 13.0. The Bertz CT molecular complexity index is 697. The Morgan fingerprint density at radius 3 is 2.62 bits per heavy atom. The summed E-state index contributed by atoms with van der Waals surface area (Å²) in [6.07, 6.45) is -3.86. The first kappa shape index (κ1) is 19.2. The van der Waals surface area contributed by atoms with Crippen LogP contribution in [0.3, 0.4) is 0 Å². The van der Waals surface area contributed by atoms with E-state index in [0.717, 1.165) is 10.4 Å². The van der Waals surface area contributed by atoms with Crippen LogP contribution in [0.1, 0.15) is 5.56 Å². The van der Waals surface area contributed by atoms with Crippen molar-refractivity contribution in [2.45, 2.75) is 12.2 Å². The van der Waals surface area contributed by atoms with Gasteiger partial charge in [-0.05, 0) is 6.07 Å². The van der Waals surface area contributed by atoms with E-state index in [1.165, 1.54) is 14.1 Å². The van der Waals surface area contributed by atoms with Gasteiger partial charge in [0.1, 0.15) is 5.82 Å². The molecule has 136 valence electrons. The maximum Gasteiger partial charge on any atom is 0.417 e. The number of aromatic nitrogens is 1. The summed E-state index contributed by atoms with van der Waals surface area (Å²) in [6.45, 7) is 0.440. The molecule has 0 aromatic carbocycles. The average Bonchev–Trinajstić information content (AvgIpc) is 2.86. The number of rotatable bonds is 5. The Kier molecular flexibility index (Phi) is 5.63. The van der Waals surface area contributed by atoms with Crippen LogP contribution < -0.4 is 5.32 Å². The summed E-state index contributed by atoms with van der Waals surface area (Å²) >= 11 is 5.85. The second-order valence-corrected chi connectivity index (χ2v) is 8.30. The SMILES string of the molecule is CN(C)S(=O)(=O)C[C@@H]1COC[C@@H]1Nc1ncc(C(F)(F)F)cc1Cl. The predicted molar refractivity (Wildman–Crippen MR) is 83.4 cm³/mol. The van der Waals surface area contributed by atoms with Crippen LogP contribution in [0, 0.1) is 5.92 Å². The maximum absolute atomic E-state index is 12.6. The van der Waals surface area contributed by atoms with E-state index in [4.69, 9.17) is 16.3 Å². The second-order valence-electron chi connectivity index (χ2n) is 5.66. The van der Waals surface area contributed by atoms with Crippen molar-refractivity contribution in [3.8, 4) is 0 Å².